The van der Waals surface area contributed by atoms with Gasteiger partial charge in [-0.1, -0.05) is 0 Å². The van der Waals surface area contributed by atoms with E-state index in [1.165, 1.54) is 12.1 Å². The number of nitrogens with one attached hydrogen (secondary N) is 1. The van der Waals surface area contributed by atoms with E-state index in [0.717, 1.165) is 28.8 Å². The van der Waals surface area contributed by atoms with Gasteiger partial charge < -0.3 is 5.32 Å². The van der Waals surface area contributed by atoms with Crippen molar-refractivity contribution in [3.05, 3.63) is 47.7 Å². The van der Waals surface area contributed by atoms with Crippen LogP contribution in [0, 0.1) is 12.7 Å². The molecule has 0 unspecified atom stereocenters. The summed E-state index contributed by atoms with van der Waals surface area (Å²) in [6.07, 6.45) is 0. The molecule has 0 amide bonds. The molecule has 0 spiro atoms. The Morgan fingerprint density at radius 2 is 1.95 bits per heavy atom. The van der Waals surface area contributed by atoms with E-state index in [0.29, 0.717) is 5.75 Å². The van der Waals surface area contributed by atoms with Crippen LogP contribution in [0.5, 0.6) is 0 Å². The molecule has 0 aliphatic rings. The quantitative estimate of drug-likeness (QED) is 0.847. The second kappa shape index (κ2) is 6.52. The van der Waals surface area contributed by atoms with Gasteiger partial charge in [0.1, 0.15) is 17.5 Å². The minimum absolute atomic E-state index is 0.217. The number of aromatic nitrogens is 2. The molecular formula is C14H16FN3S. The number of rotatable bonds is 5. The van der Waals surface area contributed by atoms with Crippen molar-refractivity contribution in [1.29, 1.82) is 0 Å². The zero-order valence-corrected chi connectivity index (χ0v) is 11.8. The number of halogens is 1. The summed E-state index contributed by atoms with van der Waals surface area (Å²) in [4.78, 5) is 9.85. The Kier molecular flexibility index (Phi) is 4.74. The topological polar surface area (TPSA) is 37.8 Å². The average Bonchev–Trinajstić information content (AvgIpc) is 2.38. The molecule has 5 heteroatoms. The van der Waals surface area contributed by atoms with Crippen LogP contribution in [0.1, 0.15) is 18.4 Å². The molecule has 0 aliphatic carbocycles. The van der Waals surface area contributed by atoms with E-state index in [1.807, 2.05) is 19.9 Å². The van der Waals surface area contributed by atoms with Gasteiger partial charge in [-0.2, -0.15) is 0 Å². The van der Waals surface area contributed by atoms with Crippen molar-refractivity contribution in [2.75, 3.05) is 11.9 Å². The average molecular weight is 277 g/mol. The molecular weight excluding hydrogens is 261 g/mol. The van der Waals surface area contributed by atoms with Crippen molar-refractivity contribution < 1.29 is 4.39 Å². The summed E-state index contributed by atoms with van der Waals surface area (Å²) >= 11 is 1.60. The van der Waals surface area contributed by atoms with Crippen molar-refractivity contribution in [2.24, 2.45) is 0 Å². The lowest BCUT2D eigenvalue weighted by Crippen LogP contribution is -2.04. The van der Waals surface area contributed by atoms with Crippen LogP contribution >= 0.6 is 11.8 Å². The van der Waals surface area contributed by atoms with Crippen molar-refractivity contribution in [1.82, 2.24) is 9.97 Å². The minimum atomic E-state index is -0.217. The minimum Gasteiger partial charge on any atom is -0.370 e. The fraction of sp³-hybridized carbons (Fsp3) is 0.286. The van der Waals surface area contributed by atoms with E-state index in [-0.39, 0.29) is 5.82 Å². The number of nitrogens with zero attached hydrogens (tertiary/aromatic N) is 2. The highest BCUT2D eigenvalue weighted by Gasteiger charge is 2.03. The monoisotopic (exact) mass is 277 g/mol. The van der Waals surface area contributed by atoms with Crippen LogP contribution in [-0.2, 0) is 5.75 Å². The van der Waals surface area contributed by atoms with Crippen molar-refractivity contribution in [3.63, 3.8) is 0 Å². The van der Waals surface area contributed by atoms with E-state index in [9.17, 15) is 4.39 Å². The molecule has 0 bridgehead atoms. The predicted octanol–water partition coefficient (Wildman–Crippen LogP) is 3.65. The van der Waals surface area contributed by atoms with E-state index in [1.54, 1.807) is 23.9 Å². The van der Waals surface area contributed by atoms with Gasteiger partial charge in [0.05, 0.1) is 5.75 Å². The van der Waals surface area contributed by atoms with Gasteiger partial charge in [-0.15, -0.1) is 11.8 Å². The van der Waals surface area contributed by atoms with Crippen LogP contribution in [0.15, 0.2) is 35.2 Å². The van der Waals surface area contributed by atoms with Crippen LogP contribution in [0.3, 0.4) is 0 Å². The second-order valence-electron chi connectivity index (χ2n) is 4.08. The van der Waals surface area contributed by atoms with Gasteiger partial charge in [-0.05, 0) is 38.1 Å². The van der Waals surface area contributed by atoms with E-state index >= 15 is 0 Å². The lowest BCUT2D eigenvalue weighted by Gasteiger charge is -2.06. The van der Waals surface area contributed by atoms with Gasteiger partial charge in [0.25, 0.3) is 0 Å². The van der Waals surface area contributed by atoms with Crippen LogP contribution < -0.4 is 5.32 Å². The van der Waals surface area contributed by atoms with Gasteiger partial charge in [-0.3, -0.25) is 0 Å². The molecule has 100 valence electrons. The summed E-state index contributed by atoms with van der Waals surface area (Å²) in [5, 5.41) is 3.18. The lowest BCUT2D eigenvalue weighted by atomic mass is 10.4. The van der Waals surface area contributed by atoms with Crippen LogP contribution in [0.25, 0.3) is 0 Å². The molecule has 1 heterocycles. The van der Waals surface area contributed by atoms with E-state index in [4.69, 9.17) is 0 Å². The summed E-state index contributed by atoms with van der Waals surface area (Å²) in [5.41, 5.74) is 0.945. The summed E-state index contributed by atoms with van der Waals surface area (Å²) < 4.78 is 12.8. The highest BCUT2D eigenvalue weighted by Crippen LogP contribution is 2.22. The third kappa shape index (κ3) is 4.21. The summed E-state index contributed by atoms with van der Waals surface area (Å²) in [6.45, 7) is 4.82. The van der Waals surface area contributed by atoms with Gasteiger partial charge in [0.15, 0.2) is 0 Å². The fourth-order valence-corrected chi connectivity index (χ4v) is 2.40. The molecule has 0 saturated carbocycles. The first-order chi connectivity index (χ1) is 9.17. The first-order valence-corrected chi connectivity index (χ1v) is 7.12. The van der Waals surface area contributed by atoms with Gasteiger partial charge in [-0.25, -0.2) is 14.4 Å². The standard InChI is InChI=1S/C14H16FN3S/c1-3-16-13-8-10(2)17-14(18-13)9-19-12-6-4-11(15)5-7-12/h4-8H,3,9H2,1-2H3,(H,16,17,18). The third-order valence-electron chi connectivity index (χ3n) is 2.44. The molecule has 19 heavy (non-hydrogen) atoms. The maximum Gasteiger partial charge on any atom is 0.141 e. The van der Waals surface area contributed by atoms with Crippen LogP contribution in [0.2, 0.25) is 0 Å². The molecule has 2 rings (SSSR count). The highest BCUT2D eigenvalue weighted by molar-refractivity contribution is 7.98. The maximum atomic E-state index is 12.8. The normalized spacial score (nSPS) is 10.5. The molecule has 0 fully saturated rings. The number of hydrogen-bond acceptors (Lipinski definition) is 4. The summed E-state index contributed by atoms with van der Waals surface area (Å²) in [6, 6.07) is 8.38. The van der Waals surface area contributed by atoms with E-state index in [2.05, 4.69) is 15.3 Å². The SMILES string of the molecule is CCNc1cc(C)nc(CSc2ccc(F)cc2)n1. The number of benzene rings is 1. The molecule has 0 radical (unpaired) electrons. The zero-order chi connectivity index (χ0) is 13.7. The Bertz CT molecular complexity index is 543. The first kappa shape index (κ1) is 13.8. The number of anilines is 1. The number of thioether (sulfide) groups is 1. The first-order valence-electron chi connectivity index (χ1n) is 6.14. The lowest BCUT2D eigenvalue weighted by molar-refractivity contribution is 0.626. The van der Waals surface area contributed by atoms with Gasteiger partial charge in [0.2, 0.25) is 0 Å². The Morgan fingerprint density at radius 1 is 1.21 bits per heavy atom. The smallest absolute Gasteiger partial charge is 0.141 e. The van der Waals surface area contributed by atoms with Gasteiger partial charge in [0, 0.05) is 23.2 Å². The second-order valence-corrected chi connectivity index (χ2v) is 5.13. The van der Waals surface area contributed by atoms with Crippen LogP contribution in [0.4, 0.5) is 10.2 Å². The molecule has 1 aromatic heterocycles. The largest absolute Gasteiger partial charge is 0.370 e. The van der Waals surface area contributed by atoms with Crippen molar-refractivity contribution >= 4 is 17.6 Å². The molecule has 0 aliphatic heterocycles. The summed E-state index contributed by atoms with van der Waals surface area (Å²) in [5.74, 6) is 2.09. The Balaban J connectivity index is 2.04. The fourth-order valence-electron chi connectivity index (χ4n) is 1.64. The van der Waals surface area contributed by atoms with E-state index < -0.39 is 0 Å². The third-order valence-corrected chi connectivity index (χ3v) is 3.45. The molecule has 1 aromatic carbocycles. The van der Waals surface area contributed by atoms with Crippen LogP contribution in [-0.4, -0.2) is 16.5 Å². The molecule has 1 N–H and O–H groups in total. The maximum absolute atomic E-state index is 12.8. The highest BCUT2D eigenvalue weighted by atomic mass is 32.2. The Hall–Kier alpha value is -1.62. The van der Waals surface area contributed by atoms with Gasteiger partial charge >= 0.3 is 0 Å². The number of aryl methyl sites for hydroxylation is 1. The molecule has 2 aromatic rings. The zero-order valence-electron chi connectivity index (χ0n) is 11.0. The number of hydrogen-bond donors (Lipinski definition) is 1. The molecule has 0 saturated heterocycles. The van der Waals surface area contributed by atoms with Crippen molar-refractivity contribution in [2.45, 2.75) is 24.5 Å². The predicted molar refractivity (Wildman–Crippen MR) is 76.9 cm³/mol. The summed E-state index contributed by atoms with van der Waals surface area (Å²) in [7, 11) is 0. The van der Waals surface area contributed by atoms with Crippen molar-refractivity contribution in [3.8, 4) is 0 Å². The molecule has 0 atom stereocenters. The Morgan fingerprint density at radius 3 is 2.63 bits per heavy atom. The molecule has 3 nitrogen and oxygen atoms in total. The Labute approximate surface area is 116 Å².